The van der Waals surface area contributed by atoms with Gasteiger partial charge in [0.2, 0.25) is 0 Å². The fourth-order valence-corrected chi connectivity index (χ4v) is 2.09. The molecule has 2 aromatic carbocycles. The van der Waals surface area contributed by atoms with Gasteiger partial charge >= 0.3 is 5.97 Å². The van der Waals surface area contributed by atoms with Crippen LogP contribution in [-0.2, 0) is 6.42 Å². The van der Waals surface area contributed by atoms with Gasteiger partial charge in [0.1, 0.15) is 5.82 Å². The second-order valence-electron chi connectivity index (χ2n) is 4.44. The zero-order valence-corrected chi connectivity index (χ0v) is 10.7. The quantitative estimate of drug-likeness (QED) is 0.894. The number of benzene rings is 2. The molecule has 2 nitrogen and oxygen atoms in total. The van der Waals surface area contributed by atoms with Gasteiger partial charge < -0.3 is 5.11 Å². The number of carboxylic acids is 1. The molecule has 0 amide bonds. The van der Waals surface area contributed by atoms with Crippen LogP contribution in [0.2, 0.25) is 0 Å². The van der Waals surface area contributed by atoms with Crippen LogP contribution in [0.15, 0.2) is 42.5 Å². The lowest BCUT2D eigenvalue weighted by molar-refractivity contribution is 0.0697. The maximum absolute atomic E-state index is 12.9. The third-order valence-electron chi connectivity index (χ3n) is 3.01. The van der Waals surface area contributed by atoms with Crippen LogP contribution < -0.4 is 0 Å². The van der Waals surface area contributed by atoms with Crippen LogP contribution in [0.5, 0.6) is 0 Å². The minimum absolute atomic E-state index is 0.242. The molecule has 0 fully saturated rings. The van der Waals surface area contributed by atoms with Crippen molar-refractivity contribution in [2.75, 3.05) is 0 Å². The van der Waals surface area contributed by atoms with Crippen molar-refractivity contribution >= 4 is 5.97 Å². The van der Waals surface area contributed by atoms with Crippen molar-refractivity contribution in [3.05, 3.63) is 59.4 Å². The van der Waals surface area contributed by atoms with Gasteiger partial charge in [0, 0.05) is 0 Å². The van der Waals surface area contributed by atoms with Gasteiger partial charge in [0.15, 0.2) is 0 Å². The van der Waals surface area contributed by atoms with Crippen LogP contribution in [0, 0.1) is 5.82 Å². The molecule has 2 aromatic rings. The second-order valence-corrected chi connectivity index (χ2v) is 4.44. The highest BCUT2D eigenvalue weighted by molar-refractivity contribution is 5.96. The van der Waals surface area contributed by atoms with Crippen molar-refractivity contribution in [2.45, 2.75) is 19.8 Å². The molecule has 0 bridgehead atoms. The van der Waals surface area contributed by atoms with Gasteiger partial charge in [-0.1, -0.05) is 37.6 Å². The fraction of sp³-hybridized carbons (Fsp3) is 0.188. The van der Waals surface area contributed by atoms with Gasteiger partial charge in [-0.2, -0.15) is 0 Å². The van der Waals surface area contributed by atoms with Gasteiger partial charge in [0.25, 0.3) is 0 Å². The maximum Gasteiger partial charge on any atom is 0.336 e. The molecule has 0 saturated heterocycles. The maximum atomic E-state index is 12.9. The molecule has 19 heavy (non-hydrogen) atoms. The summed E-state index contributed by atoms with van der Waals surface area (Å²) in [5, 5.41) is 9.23. The molecule has 1 N–H and O–H groups in total. The molecule has 0 atom stereocenters. The van der Waals surface area contributed by atoms with Crippen molar-refractivity contribution in [1.82, 2.24) is 0 Å². The Balaban J connectivity index is 2.54. The third-order valence-corrected chi connectivity index (χ3v) is 3.01. The van der Waals surface area contributed by atoms with Crippen molar-refractivity contribution < 1.29 is 14.3 Å². The summed E-state index contributed by atoms with van der Waals surface area (Å²) in [6, 6.07) is 11.2. The Morgan fingerprint density at radius 3 is 2.42 bits per heavy atom. The monoisotopic (exact) mass is 258 g/mol. The SMILES string of the molecule is CCCc1ccc(C(=O)O)c(-c2ccc(F)cc2)c1. The molecular formula is C16H15FO2. The van der Waals surface area contributed by atoms with Gasteiger partial charge in [-0.25, -0.2) is 9.18 Å². The van der Waals surface area contributed by atoms with E-state index in [1.807, 2.05) is 12.1 Å². The zero-order valence-electron chi connectivity index (χ0n) is 10.7. The Bertz CT molecular complexity index is 588. The van der Waals surface area contributed by atoms with Gasteiger partial charge in [-0.05, 0) is 41.3 Å². The van der Waals surface area contributed by atoms with E-state index in [4.69, 9.17) is 0 Å². The average Bonchev–Trinajstić information content (AvgIpc) is 2.39. The number of carboxylic acid groups (broad SMARTS) is 1. The molecule has 0 aliphatic heterocycles. The molecule has 0 spiro atoms. The summed E-state index contributed by atoms with van der Waals surface area (Å²) >= 11 is 0. The Morgan fingerprint density at radius 2 is 1.84 bits per heavy atom. The van der Waals surface area contributed by atoms with E-state index in [-0.39, 0.29) is 11.4 Å². The molecule has 0 heterocycles. The lowest BCUT2D eigenvalue weighted by Gasteiger charge is -2.09. The van der Waals surface area contributed by atoms with Crippen LogP contribution in [0.4, 0.5) is 4.39 Å². The highest BCUT2D eigenvalue weighted by atomic mass is 19.1. The first kappa shape index (κ1) is 13.3. The Hall–Kier alpha value is -2.16. The smallest absolute Gasteiger partial charge is 0.336 e. The summed E-state index contributed by atoms with van der Waals surface area (Å²) in [7, 11) is 0. The molecule has 0 radical (unpaired) electrons. The Labute approximate surface area is 111 Å². The summed E-state index contributed by atoms with van der Waals surface area (Å²) < 4.78 is 12.9. The lowest BCUT2D eigenvalue weighted by Crippen LogP contribution is -2.00. The van der Waals surface area contributed by atoms with Crippen LogP contribution in [0.25, 0.3) is 11.1 Å². The molecular weight excluding hydrogens is 243 g/mol. The van der Waals surface area contributed by atoms with Crippen molar-refractivity contribution in [1.29, 1.82) is 0 Å². The summed E-state index contributed by atoms with van der Waals surface area (Å²) in [6.07, 6.45) is 1.89. The number of aryl methyl sites for hydroxylation is 1. The number of carbonyl (C=O) groups is 1. The summed E-state index contributed by atoms with van der Waals surface area (Å²) in [5.41, 5.74) is 2.69. The van der Waals surface area contributed by atoms with E-state index in [1.54, 1.807) is 18.2 Å². The summed E-state index contributed by atoms with van der Waals surface area (Å²) in [5.74, 6) is -1.30. The van der Waals surface area contributed by atoms with Crippen molar-refractivity contribution in [2.24, 2.45) is 0 Å². The number of aromatic carboxylic acids is 1. The van der Waals surface area contributed by atoms with E-state index in [0.717, 1.165) is 24.0 Å². The topological polar surface area (TPSA) is 37.3 Å². The van der Waals surface area contributed by atoms with E-state index in [1.165, 1.54) is 12.1 Å². The minimum Gasteiger partial charge on any atom is -0.478 e. The largest absolute Gasteiger partial charge is 0.478 e. The van der Waals surface area contributed by atoms with Crippen LogP contribution >= 0.6 is 0 Å². The number of hydrogen-bond donors (Lipinski definition) is 1. The normalized spacial score (nSPS) is 10.4. The van der Waals surface area contributed by atoms with E-state index >= 15 is 0 Å². The predicted octanol–water partition coefficient (Wildman–Crippen LogP) is 4.14. The van der Waals surface area contributed by atoms with Crippen LogP contribution in [0.1, 0.15) is 29.3 Å². The van der Waals surface area contributed by atoms with Crippen molar-refractivity contribution in [3.63, 3.8) is 0 Å². The van der Waals surface area contributed by atoms with Gasteiger partial charge in [0.05, 0.1) is 5.56 Å². The molecule has 98 valence electrons. The Kier molecular flexibility index (Phi) is 3.95. The van der Waals surface area contributed by atoms with Crippen LogP contribution in [-0.4, -0.2) is 11.1 Å². The van der Waals surface area contributed by atoms with Gasteiger partial charge in [-0.15, -0.1) is 0 Å². The molecule has 0 unspecified atom stereocenters. The molecule has 0 aliphatic carbocycles. The first-order valence-electron chi connectivity index (χ1n) is 6.24. The average molecular weight is 258 g/mol. The zero-order chi connectivity index (χ0) is 13.8. The predicted molar refractivity (Wildman–Crippen MR) is 72.8 cm³/mol. The summed E-state index contributed by atoms with van der Waals surface area (Å²) in [4.78, 5) is 11.3. The molecule has 0 aliphatic rings. The molecule has 0 saturated carbocycles. The van der Waals surface area contributed by atoms with Gasteiger partial charge in [-0.3, -0.25) is 0 Å². The van der Waals surface area contributed by atoms with Crippen molar-refractivity contribution in [3.8, 4) is 11.1 Å². The van der Waals surface area contributed by atoms with E-state index in [2.05, 4.69) is 6.92 Å². The third kappa shape index (κ3) is 2.99. The molecule has 0 aromatic heterocycles. The number of hydrogen-bond acceptors (Lipinski definition) is 1. The minimum atomic E-state index is -0.970. The lowest BCUT2D eigenvalue weighted by atomic mass is 9.96. The highest BCUT2D eigenvalue weighted by Crippen LogP contribution is 2.26. The highest BCUT2D eigenvalue weighted by Gasteiger charge is 2.12. The number of halogens is 1. The number of rotatable bonds is 4. The Morgan fingerprint density at radius 1 is 1.16 bits per heavy atom. The fourth-order valence-electron chi connectivity index (χ4n) is 2.09. The second kappa shape index (κ2) is 5.65. The standard InChI is InChI=1S/C16H15FO2/c1-2-3-11-4-9-14(16(18)19)15(10-11)12-5-7-13(17)8-6-12/h4-10H,2-3H2,1H3,(H,18,19). The molecule has 2 rings (SSSR count). The molecule has 3 heteroatoms. The first-order valence-corrected chi connectivity index (χ1v) is 6.24. The first-order chi connectivity index (χ1) is 9.11. The van der Waals surface area contributed by atoms with E-state index < -0.39 is 5.97 Å². The van der Waals surface area contributed by atoms with Crippen LogP contribution in [0.3, 0.4) is 0 Å². The summed E-state index contributed by atoms with van der Waals surface area (Å²) in [6.45, 7) is 2.07. The van der Waals surface area contributed by atoms with E-state index in [0.29, 0.717) is 5.56 Å². The van der Waals surface area contributed by atoms with E-state index in [9.17, 15) is 14.3 Å².